The monoisotopic (exact) mass is 569 g/mol. The SMILES string of the molecule is O=C(c1c(F)ccc(NS(=O)(=O)c2cc(F)cc(C(F)(F)F)c2)c1F)c1c[nH]c2ncnc(NCC3CC3)c12. The summed E-state index contributed by atoms with van der Waals surface area (Å²) >= 11 is 0. The maximum Gasteiger partial charge on any atom is 0.416 e. The molecule has 0 aliphatic heterocycles. The lowest BCUT2D eigenvalue weighted by atomic mass is 10.0. The molecule has 0 unspecified atom stereocenters. The first kappa shape index (κ1) is 26.5. The summed E-state index contributed by atoms with van der Waals surface area (Å²) in [5, 5.41) is 3.24. The number of aromatic nitrogens is 3. The number of halogens is 6. The minimum atomic E-state index is -5.07. The molecule has 3 N–H and O–H groups in total. The maximum atomic E-state index is 15.4. The molecule has 5 rings (SSSR count). The number of alkyl halides is 3. The fourth-order valence-electron chi connectivity index (χ4n) is 3.90. The van der Waals surface area contributed by atoms with Crippen LogP contribution >= 0.6 is 0 Å². The summed E-state index contributed by atoms with van der Waals surface area (Å²) in [5.74, 6) is -4.96. The second kappa shape index (κ2) is 9.55. The first-order valence-electron chi connectivity index (χ1n) is 11.3. The number of nitrogens with zero attached hydrogens (tertiary/aromatic N) is 2. The molecule has 0 bridgehead atoms. The number of nitrogens with one attached hydrogen (secondary N) is 3. The van der Waals surface area contributed by atoms with E-state index in [-0.39, 0.29) is 34.5 Å². The minimum absolute atomic E-state index is 0.0902. The van der Waals surface area contributed by atoms with Crippen molar-refractivity contribution >= 4 is 38.3 Å². The van der Waals surface area contributed by atoms with Crippen LogP contribution < -0.4 is 10.0 Å². The van der Waals surface area contributed by atoms with Crippen molar-refractivity contribution in [3.63, 3.8) is 0 Å². The molecule has 0 saturated heterocycles. The summed E-state index contributed by atoms with van der Waals surface area (Å²) in [7, 11) is -5.00. The van der Waals surface area contributed by atoms with Crippen molar-refractivity contribution in [3.8, 4) is 0 Å². The number of sulfonamides is 1. The molecular weight excluding hydrogens is 552 g/mol. The van der Waals surface area contributed by atoms with Crippen molar-refractivity contribution in [1.29, 1.82) is 0 Å². The summed E-state index contributed by atoms with van der Waals surface area (Å²) in [6.45, 7) is 0.557. The van der Waals surface area contributed by atoms with E-state index in [0.717, 1.165) is 12.8 Å². The molecule has 15 heteroatoms. The van der Waals surface area contributed by atoms with E-state index in [1.165, 1.54) is 12.5 Å². The number of fused-ring (bicyclic) bond motifs is 1. The fourth-order valence-corrected chi connectivity index (χ4v) is 5.01. The predicted molar refractivity (Wildman–Crippen MR) is 127 cm³/mol. The lowest BCUT2D eigenvalue weighted by Gasteiger charge is -2.14. The number of H-pyrrole nitrogens is 1. The van der Waals surface area contributed by atoms with Crippen molar-refractivity contribution in [2.75, 3.05) is 16.6 Å². The molecule has 0 radical (unpaired) electrons. The number of ketones is 1. The van der Waals surface area contributed by atoms with Crippen LogP contribution in [0.1, 0.15) is 34.3 Å². The molecule has 4 aromatic rings. The van der Waals surface area contributed by atoms with Crippen LogP contribution in [0.2, 0.25) is 0 Å². The average molecular weight is 569 g/mol. The van der Waals surface area contributed by atoms with Gasteiger partial charge in [0.15, 0.2) is 5.82 Å². The van der Waals surface area contributed by atoms with E-state index in [9.17, 15) is 35.2 Å². The topological polar surface area (TPSA) is 117 Å². The highest BCUT2D eigenvalue weighted by Gasteiger charge is 2.33. The molecule has 0 atom stereocenters. The van der Waals surface area contributed by atoms with Gasteiger partial charge in [0.25, 0.3) is 10.0 Å². The number of carbonyl (C=O) groups excluding carboxylic acids is 1. The van der Waals surface area contributed by atoms with Crippen LogP contribution in [0.3, 0.4) is 0 Å². The molecule has 2 aromatic heterocycles. The van der Waals surface area contributed by atoms with E-state index < -0.39 is 61.1 Å². The molecule has 8 nitrogen and oxygen atoms in total. The number of benzene rings is 2. The number of hydrogen-bond acceptors (Lipinski definition) is 6. The van der Waals surface area contributed by atoms with E-state index in [1.54, 1.807) is 4.72 Å². The van der Waals surface area contributed by atoms with Crippen LogP contribution in [0.15, 0.2) is 47.8 Å². The number of carbonyl (C=O) groups is 1. The highest BCUT2D eigenvalue weighted by Crippen LogP contribution is 2.34. The highest BCUT2D eigenvalue weighted by molar-refractivity contribution is 7.92. The molecule has 0 spiro atoms. The number of anilines is 2. The Hall–Kier alpha value is -4.14. The summed E-state index contributed by atoms with van der Waals surface area (Å²) in [6.07, 6.45) is -0.623. The zero-order chi connectivity index (χ0) is 28.1. The lowest BCUT2D eigenvalue weighted by molar-refractivity contribution is -0.137. The van der Waals surface area contributed by atoms with Gasteiger partial charge in [0.2, 0.25) is 5.78 Å². The Bertz CT molecular complexity index is 1720. The summed E-state index contributed by atoms with van der Waals surface area (Å²) in [6, 6.07) is 1.80. The first-order valence-corrected chi connectivity index (χ1v) is 12.8. The Kier molecular flexibility index (Phi) is 6.48. The van der Waals surface area contributed by atoms with Gasteiger partial charge in [0, 0.05) is 12.7 Å². The summed E-state index contributed by atoms with van der Waals surface area (Å²) in [4.78, 5) is 23.0. The fraction of sp³-hybridized carbons (Fsp3) is 0.208. The van der Waals surface area contributed by atoms with E-state index in [0.29, 0.717) is 30.7 Å². The molecule has 39 heavy (non-hydrogen) atoms. The largest absolute Gasteiger partial charge is 0.416 e. The van der Waals surface area contributed by atoms with Crippen molar-refractivity contribution in [2.24, 2.45) is 5.92 Å². The van der Waals surface area contributed by atoms with Gasteiger partial charge in [-0.05, 0) is 49.1 Å². The Morgan fingerprint density at radius 1 is 1.08 bits per heavy atom. The lowest BCUT2D eigenvalue weighted by Crippen LogP contribution is -2.18. The van der Waals surface area contributed by atoms with Gasteiger partial charge in [-0.1, -0.05) is 0 Å². The van der Waals surface area contributed by atoms with Crippen LogP contribution in [-0.4, -0.2) is 35.7 Å². The van der Waals surface area contributed by atoms with E-state index in [4.69, 9.17) is 0 Å². The molecule has 1 aliphatic carbocycles. The zero-order valence-electron chi connectivity index (χ0n) is 19.5. The second-order valence-corrected chi connectivity index (χ2v) is 10.5. The Morgan fingerprint density at radius 2 is 1.82 bits per heavy atom. The summed E-state index contributed by atoms with van der Waals surface area (Å²) < 4.78 is 110. The van der Waals surface area contributed by atoms with E-state index in [2.05, 4.69) is 20.3 Å². The third-order valence-corrected chi connectivity index (χ3v) is 7.39. The van der Waals surface area contributed by atoms with Crippen molar-refractivity contribution in [2.45, 2.75) is 23.9 Å². The third-order valence-electron chi connectivity index (χ3n) is 6.04. The van der Waals surface area contributed by atoms with Gasteiger partial charge in [0.1, 0.15) is 29.4 Å². The van der Waals surface area contributed by atoms with Crippen LogP contribution in [-0.2, 0) is 16.2 Å². The van der Waals surface area contributed by atoms with Gasteiger partial charge in [-0.25, -0.2) is 31.6 Å². The van der Waals surface area contributed by atoms with Crippen molar-refractivity contribution in [3.05, 3.63) is 77.0 Å². The predicted octanol–water partition coefficient (Wildman–Crippen LogP) is 5.25. The quantitative estimate of drug-likeness (QED) is 0.197. The molecule has 1 saturated carbocycles. The van der Waals surface area contributed by atoms with Gasteiger partial charge in [-0.3, -0.25) is 9.52 Å². The number of hydrogen-bond donors (Lipinski definition) is 3. The van der Waals surface area contributed by atoms with Gasteiger partial charge in [-0.15, -0.1) is 0 Å². The van der Waals surface area contributed by atoms with E-state index in [1.807, 2.05) is 0 Å². The highest BCUT2D eigenvalue weighted by atomic mass is 32.2. The van der Waals surface area contributed by atoms with Crippen LogP contribution in [0.4, 0.5) is 37.8 Å². The number of rotatable bonds is 8. The molecule has 1 aliphatic rings. The van der Waals surface area contributed by atoms with Crippen LogP contribution in [0, 0.1) is 23.4 Å². The molecule has 2 heterocycles. The van der Waals surface area contributed by atoms with Gasteiger partial charge < -0.3 is 10.3 Å². The smallest absolute Gasteiger partial charge is 0.369 e. The Morgan fingerprint density at radius 3 is 2.51 bits per heavy atom. The van der Waals surface area contributed by atoms with Crippen molar-refractivity contribution in [1.82, 2.24) is 15.0 Å². The Balaban J connectivity index is 1.52. The van der Waals surface area contributed by atoms with E-state index >= 15 is 4.39 Å². The summed E-state index contributed by atoms with van der Waals surface area (Å²) in [5.41, 5.74) is -3.67. The number of aromatic amines is 1. The van der Waals surface area contributed by atoms with Gasteiger partial charge >= 0.3 is 6.18 Å². The normalized spacial score (nSPS) is 14.0. The van der Waals surface area contributed by atoms with Crippen molar-refractivity contribution < 1.29 is 39.6 Å². The standard InChI is InChI=1S/C24H17F6N5O3S/c25-13-5-12(24(28,29)30)6-14(7-13)39(37,38)35-17-4-3-16(26)19(20(17)27)21(36)15-9-32-23-18(15)22(33-10-34-23)31-8-11-1-2-11/h3-7,9-11,35H,1-2,8H2,(H2,31,32,33,34). The second-order valence-electron chi connectivity index (χ2n) is 8.86. The minimum Gasteiger partial charge on any atom is -0.369 e. The molecule has 1 fully saturated rings. The maximum absolute atomic E-state index is 15.4. The zero-order valence-corrected chi connectivity index (χ0v) is 20.4. The molecule has 0 amide bonds. The third kappa shape index (κ3) is 5.26. The molecular formula is C24H17F6N5O3S. The molecule has 204 valence electrons. The Labute approximate surface area is 216 Å². The first-order chi connectivity index (χ1) is 18.3. The van der Waals surface area contributed by atoms with Crippen LogP contribution in [0.5, 0.6) is 0 Å². The average Bonchev–Trinajstić information content (AvgIpc) is 3.59. The van der Waals surface area contributed by atoms with Gasteiger partial charge in [-0.2, -0.15) is 13.2 Å². The molecule has 2 aromatic carbocycles. The van der Waals surface area contributed by atoms with Crippen LogP contribution in [0.25, 0.3) is 11.0 Å². The van der Waals surface area contributed by atoms with Gasteiger partial charge in [0.05, 0.1) is 32.7 Å².